The zero-order valence-electron chi connectivity index (χ0n) is 13.1. The molecule has 23 heavy (non-hydrogen) atoms. The van der Waals surface area contributed by atoms with Crippen molar-refractivity contribution in [3.05, 3.63) is 62.0 Å². The molecule has 1 N–H and O–H groups in total. The smallest absolute Gasteiger partial charge is 0.260 e. The Morgan fingerprint density at radius 1 is 1.30 bits per heavy atom. The Labute approximate surface area is 137 Å². The van der Waals surface area contributed by atoms with E-state index >= 15 is 0 Å². The maximum atomic E-state index is 12.3. The highest BCUT2D eigenvalue weighted by Crippen LogP contribution is 2.27. The van der Waals surface area contributed by atoms with E-state index in [0.717, 1.165) is 21.6 Å². The van der Waals surface area contributed by atoms with Crippen molar-refractivity contribution >= 4 is 33.2 Å². The molecule has 0 saturated heterocycles. The van der Waals surface area contributed by atoms with Gasteiger partial charge in [0.25, 0.3) is 5.56 Å². The zero-order chi connectivity index (χ0) is 16.6. The minimum absolute atomic E-state index is 0.196. The van der Waals surface area contributed by atoms with E-state index in [4.69, 9.17) is 0 Å². The normalized spacial score (nSPS) is 11.7. The van der Waals surface area contributed by atoms with Crippen LogP contribution in [0.25, 0.3) is 21.9 Å². The Morgan fingerprint density at radius 2 is 2.04 bits per heavy atom. The first kappa shape index (κ1) is 15.2. The van der Waals surface area contributed by atoms with Gasteiger partial charge in [-0.15, -0.1) is 11.3 Å². The van der Waals surface area contributed by atoms with Gasteiger partial charge >= 0.3 is 0 Å². The molecule has 5 heteroatoms. The Kier molecular flexibility index (Phi) is 3.85. The summed E-state index contributed by atoms with van der Waals surface area (Å²) in [6, 6.07) is 9.91. The average Bonchev–Trinajstić information content (AvgIpc) is 2.81. The minimum atomic E-state index is -0.196. The molecule has 2 aromatic heterocycles. The van der Waals surface area contributed by atoms with Gasteiger partial charge in [-0.3, -0.25) is 4.79 Å². The molecular formula is C18H15N3OS. The summed E-state index contributed by atoms with van der Waals surface area (Å²) in [5, 5.41) is 10.1. The zero-order valence-corrected chi connectivity index (χ0v) is 13.9. The van der Waals surface area contributed by atoms with E-state index in [0.29, 0.717) is 21.6 Å². The lowest BCUT2D eigenvalue weighted by Gasteiger charge is -2.02. The lowest BCUT2D eigenvalue weighted by Crippen LogP contribution is -2.10. The van der Waals surface area contributed by atoms with Crippen molar-refractivity contribution in [3.63, 3.8) is 0 Å². The van der Waals surface area contributed by atoms with E-state index in [9.17, 15) is 10.1 Å². The fraction of sp³-hybridized carbons (Fsp3) is 0.167. The van der Waals surface area contributed by atoms with Crippen molar-refractivity contribution in [3.8, 4) is 6.07 Å². The van der Waals surface area contributed by atoms with Gasteiger partial charge < -0.3 is 4.98 Å². The second-order valence-corrected chi connectivity index (χ2v) is 6.61. The first-order valence-corrected chi connectivity index (χ1v) is 8.00. The van der Waals surface area contributed by atoms with E-state index in [1.54, 1.807) is 6.08 Å². The number of rotatable bonds is 2. The summed E-state index contributed by atoms with van der Waals surface area (Å²) < 4.78 is 0. The van der Waals surface area contributed by atoms with Gasteiger partial charge in [0.2, 0.25) is 0 Å². The van der Waals surface area contributed by atoms with Crippen LogP contribution >= 0.6 is 11.3 Å². The highest BCUT2D eigenvalue weighted by atomic mass is 32.1. The number of fused-ring (bicyclic) bond motifs is 1. The number of aryl methyl sites for hydroxylation is 3. The van der Waals surface area contributed by atoms with Gasteiger partial charge in [-0.05, 0) is 43.5 Å². The Balaban J connectivity index is 2.20. The van der Waals surface area contributed by atoms with Gasteiger partial charge in [-0.25, -0.2) is 4.98 Å². The van der Waals surface area contributed by atoms with Crippen LogP contribution in [0.2, 0.25) is 0 Å². The number of allylic oxidation sites excluding steroid dienone is 1. The molecule has 0 unspecified atom stereocenters. The monoisotopic (exact) mass is 321 g/mol. The minimum Gasteiger partial charge on any atom is -0.305 e. The summed E-state index contributed by atoms with van der Waals surface area (Å²) in [5.41, 5.74) is 3.10. The van der Waals surface area contributed by atoms with E-state index in [-0.39, 0.29) is 5.56 Å². The summed E-state index contributed by atoms with van der Waals surface area (Å²) in [6.07, 6.45) is 1.76. The van der Waals surface area contributed by atoms with Crippen LogP contribution in [0, 0.1) is 32.1 Å². The van der Waals surface area contributed by atoms with Crippen molar-refractivity contribution in [2.24, 2.45) is 0 Å². The van der Waals surface area contributed by atoms with Crippen LogP contribution in [0.5, 0.6) is 0 Å². The summed E-state index contributed by atoms with van der Waals surface area (Å²) in [5.74, 6) is 0.314. The molecular weight excluding hydrogens is 306 g/mol. The number of H-pyrrole nitrogens is 1. The summed E-state index contributed by atoms with van der Waals surface area (Å²) in [6.45, 7) is 5.86. The van der Waals surface area contributed by atoms with Crippen molar-refractivity contribution in [1.29, 1.82) is 5.26 Å². The molecule has 0 amide bonds. The highest BCUT2D eigenvalue weighted by Gasteiger charge is 2.14. The van der Waals surface area contributed by atoms with E-state index in [1.165, 1.54) is 11.3 Å². The number of nitrogens with zero attached hydrogens (tertiary/aromatic N) is 2. The molecule has 2 heterocycles. The first-order valence-electron chi connectivity index (χ1n) is 7.19. The second-order valence-electron chi connectivity index (χ2n) is 5.40. The van der Waals surface area contributed by atoms with Crippen LogP contribution in [-0.4, -0.2) is 9.97 Å². The maximum absolute atomic E-state index is 12.3. The molecule has 0 aliphatic heterocycles. The molecule has 0 radical (unpaired) electrons. The van der Waals surface area contributed by atoms with Gasteiger partial charge in [0.05, 0.1) is 11.0 Å². The van der Waals surface area contributed by atoms with Gasteiger partial charge in [0.1, 0.15) is 10.9 Å². The van der Waals surface area contributed by atoms with Crippen molar-refractivity contribution in [2.45, 2.75) is 20.8 Å². The predicted molar refractivity (Wildman–Crippen MR) is 94.4 cm³/mol. The molecule has 0 fully saturated rings. The van der Waals surface area contributed by atoms with Gasteiger partial charge in [0.15, 0.2) is 5.82 Å². The van der Waals surface area contributed by atoms with Crippen molar-refractivity contribution < 1.29 is 0 Å². The molecule has 0 aliphatic rings. The molecule has 1 aromatic carbocycles. The quantitative estimate of drug-likeness (QED) is 0.726. The molecule has 0 spiro atoms. The van der Waals surface area contributed by atoms with Gasteiger partial charge in [0, 0.05) is 4.88 Å². The number of hydrogen-bond donors (Lipinski definition) is 1. The van der Waals surface area contributed by atoms with E-state index < -0.39 is 0 Å². The summed E-state index contributed by atoms with van der Waals surface area (Å²) in [4.78, 5) is 21.3. The topological polar surface area (TPSA) is 69.5 Å². The third-order valence-corrected chi connectivity index (χ3v) is 5.00. The number of nitriles is 1. The summed E-state index contributed by atoms with van der Waals surface area (Å²) >= 11 is 1.48. The fourth-order valence-corrected chi connectivity index (χ4v) is 3.47. The Morgan fingerprint density at radius 3 is 2.74 bits per heavy atom. The Hall–Kier alpha value is -2.71. The maximum Gasteiger partial charge on any atom is 0.260 e. The number of hydrogen-bond acceptors (Lipinski definition) is 4. The lowest BCUT2D eigenvalue weighted by molar-refractivity contribution is 1.13. The number of aromatic amines is 1. The van der Waals surface area contributed by atoms with Crippen LogP contribution in [0.4, 0.5) is 0 Å². The standard InChI is InChI=1S/C18H15N3OS/c1-10-6-4-5-7-13(10)8-14(9-19)16-20-17(22)15-11(2)12(3)23-18(15)21-16/h4-8H,1-3H3,(H,20,21,22)/b14-8+. The average molecular weight is 321 g/mol. The molecule has 0 aliphatic carbocycles. The largest absolute Gasteiger partial charge is 0.305 e. The second kappa shape index (κ2) is 5.82. The van der Waals surface area contributed by atoms with Crippen LogP contribution in [0.3, 0.4) is 0 Å². The lowest BCUT2D eigenvalue weighted by atomic mass is 10.1. The highest BCUT2D eigenvalue weighted by molar-refractivity contribution is 7.18. The molecule has 3 rings (SSSR count). The third-order valence-electron chi connectivity index (χ3n) is 3.90. The fourth-order valence-electron chi connectivity index (χ4n) is 2.44. The van der Waals surface area contributed by atoms with Crippen molar-refractivity contribution in [1.82, 2.24) is 9.97 Å². The van der Waals surface area contributed by atoms with Gasteiger partial charge in [-0.1, -0.05) is 24.3 Å². The van der Waals surface area contributed by atoms with Crippen LogP contribution < -0.4 is 5.56 Å². The molecule has 0 atom stereocenters. The van der Waals surface area contributed by atoms with Crippen LogP contribution in [0.15, 0.2) is 29.1 Å². The SMILES string of the molecule is Cc1ccccc1/C=C(\C#N)c1nc2sc(C)c(C)c2c(=O)[nH]1. The predicted octanol–water partition coefficient (Wildman–Crippen LogP) is 3.97. The Bertz CT molecular complexity index is 1030. The van der Waals surface area contributed by atoms with E-state index in [2.05, 4.69) is 16.0 Å². The molecule has 114 valence electrons. The first-order chi connectivity index (χ1) is 11.0. The van der Waals surface area contributed by atoms with Crippen LogP contribution in [-0.2, 0) is 0 Å². The van der Waals surface area contributed by atoms with E-state index in [1.807, 2.05) is 45.0 Å². The molecule has 0 saturated carbocycles. The molecule has 0 bridgehead atoms. The van der Waals surface area contributed by atoms with Crippen molar-refractivity contribution in [2.75, 3.05) is 0 Å². The summed E-state index contributed by atoms with van der Waals surface area (Å²) in [7, 11) is 0. The van der Waals surface area contributed by atoms with Gasteiger partial charge in [-0.2, -0.15) is 5.26 Å². The third kappa shape index (κ3) is 2.69. The molecule has 3 aromatic rings. The number of nitrogens with one attached hydrogen (secondary N) is 1. The molecule has 4 nitrogen and oxygen atoms in total. The van der Waals surface area contributed by atoms with Crippen LogP contribution in [0.1, 0.15) is 27.4 Å². The number of aromatic nitrogens is 2. The number of thiophene rings is 1. The number of benzene rings is 1.